The lowest BCUT2D eigenvalue weighted by Gasteiger charge is -2.26. The molecule has 0 amide bonds. The fraction of sp³-hybridized carbons (Fsp3) is 1.00. The van der Waals surface area contributed by atoms with Crippen LogP contribution in [-0.2, 0) is 0 Å². The van der Waals surface area contributed by atoms with Gasteiger partial charge in [-0.1, -0.05) is 6.92 Å². The van der Waals surface area contributed by atoms with Crippen LogP contribution in [-0.4, -0.2) is 28.5 Å². The molecule has 0 aromatic heterocycles. The Morgan fingerprint density at radius 3 is 2.22 bits per heavy atom. The topological polar surface area (TPSA) is 66.5 Å². The Labute approximate surface area is 55.5 Å². The van der Waals surface area contributed by atoms with E-state index in [1.807, 2.05) is 6.92 Å². The highest BCUT2D eigenvalue weighted by molar-refractivity contribution is 4.82. The van der Waals surface area contributed by atoms with E-state index in [-0.39, 0.29) is 6.61 Å². The molecule has 0 aromatic carbocycles. The van der Waals surface area contributed by atoms with E-state index in [2.05, 4.69) is 0 Å². The van der Waals surface area contributed by atoms with E-state index in [1.54, 1.807) is 6.92 Å². The van der Waals surface area contributed by atoms with Crippen molar-refractivity contribution < 1.29 is 10.2 Å². The first-order chi connectivity index (χ1) is 4.04. The van der Waals surface area contributed by atoms with Gasteiger partial charge in [-0.05, 0) is 13.3 Å². The van der Waals surface area contributed by atoms with Crippen LogP contribution in [0.4, 0.5) is 0 Å². The molecular formula is C6H15NO2. The molecule has 4 N–H and O–H groups in total. The number of aliphatic hydroxyl groups is 2. The van der Waals surface area contributed by atoms with Crippen molar-refractivity contribution in [3.63, 3.8) is 0 Å². The molecule has 0 spiro atoms. The molecule has 0 aliphatic carbocycles. The number of hydrogen-bond acceptors (Lipinski definition) is 3. The second kappa shape index (κ2) is 3.15. The predicted molar refractivity (Wildman–Crippen MR) is 36.0 cm³/mol. The van der Waals surface area contributed by atoms with Crippen molar-refractivity contribution in [1.82, 2.24) is 0 Å². The van der Waals surface area contributed by atoms with Gasteiger partial charge in [0.2, 0.25) is 0 Å². The summed E-state index contributed by atoms with van der Waals surface area (Å²) in [5.74, 6) is 0. The summed E-state index contributed by atoms with van der Waals surface area (Å²) in [5.41, 5.74) is 4.44. The summed E-state index contributed by atoms with van der Waals surface area (Å²) in [6.45, 7) is 3.28. The Hall–Kier alpha value is -0.120. The van der Waals surface area contributed by atoms with Gasteiger partial charge in [-0.25, -0.2) is 0 Å². The maximum Gasteiger partial charge on any atom is 0.0789 e. The van der Waals surface area contributed by atoms with E-state index < -0.39 is 11.6 Å². The van der Waals surface area contributed by atoms with Gasteiger partial charge in [-0.2, -0.15) is 0 Å². The molecule has 9 heavy (non-hydrogen) atoms. The van der Waals surface area contributed by atoms with E-state index in [4.69, 9.17) is 10.8 Å². The van der Waals surface area contributed by atoms with Gasteiger partial charge in [0.25, 0.3) is 0 Å². The summed E-state index contributed by atoms with van der Waals surface area (Å²) in [7, 11) is 0. The van der Waals surface area contributed by atoms with Crippen molar-refractivity contribution in [3.8, 4) is 0 Å². The van der Waals surface area contributed by atoms with Crippen LogP contribution >= 0.6 is 0 Å². The van der Waals surface area contributed by atoms with E-state index in [0.717, 1.165) is 0 Å². The van der Waals surface area contributed by atoms with E-state index in [0.29, 0.717) is 6.42 Å². The Morgan fingerprint density at radius 1 is 1.67 bits per heavy atom. The number of rotatable bonds is 3. The van der Waals surface area contributed by atoms with E-state index in [9.17, 15) is 5.11 Å². The lowest BCUT2D eigenvalue weighted by molar-refractivity contribution is 0.00982. The molecule has 0 aliphatic rings. The zero-order valence-corrected chi connectivity index (χ0v) is 5.96. The number of aliphatic hydroxyl groups excluding tert-OH is 1. The van der Waals surface area contributed by atoms with Gasteiger partial charge in [-0.15, -0.1) is 0 Å². The van der Waals surface area contributed by atoms with E-state index >= 15 is 0 Å². The quantitative estimate of drug-likeness (QED) is 0.484. The molecule has 2 atom stereocenters. The van der Waals surface area contributed by atoms with Crippen molar-refractivity contribution >= 4 is 0 Å². The van der Waals surface area contributed by atoms with Crippen molar-refractivity contribution in [2.45, 2.75) is 31.9 Å². The van der Waals surface area contributed by atoms with Crippen molar-refractivity contribution in [2.75, 3.05) is 6.61 Å². The minimum atomic E-state index is -0.922. The summed E-state index contributed by atoms with van der Waals surface area (Å²) in [6, 6.07) is -0.525. The van der Waals surface area contributed by atoms with Gasteiger partial charge in [-0.3, -0.25) is 0 Å². The monoisotopic (exact) mass is 133 g/mol. The molecule has 3 heteroatoms. The highest BCUT2D eigenvalue weighted by Gasteiger charge is 2.25. The Kier molecular flexibility index (Phi) is 3.11. The number of nitrogens with two attached hydrogens (primary N) is 1. The molecular weight excluding hydrogens is 118 g/mol. The highest BCUT2D eigenvalue weighted by atomic mass is 16.3. The SMILES string of the molecule is CC[C@@](C)(O)[C@H](N)CO. The fourth-order valence-electron chi connectivity index (χ4n) is 0.459. The van der Waals surface area contributed by atoms with Crippen LogP contribution in [0.2, 0.25) is 0 Å². The molecule has 0 bridgehead atoms. The van der Waals surface area contributed by atoms with Crippen LogP contribution in [0, 0.1) is 0 Å². The molecule has 3 nitrogen and oxygen atoms in total. The third-order valence-corrected chi connectivity index (χ3v) is 1.71. The summed E-state index contributed by atoms with van der Waals surface area (Å²) in [4.78, 5) is 0. The van der Waals surface area contributed by atoms with Crippen LogP contribution in [0.1, 0.15) is 20.3 Å². The van der Waals surface area contributed by atoms with Gasteiger partial charge < -0.3 is 15.9 Å². The lowest BCUT2D eigenvalue weighted by Crippen LogP contribution is -2.47. The zero-order valence-electron chi connectivity index (χ0n) is 5.96. The fourth-order valence-corrected chi connectivity index (χ4v) is 0.459. The van der Waals surface area contributed by atoms with Gasteiger partial charge in [0.05, 0.1) is 18.2 Å². The minimum Gasteiger partial charge on any atom is -0.395 e. The first-order valence-electron chi connectivity index (χ1n) is 3.13. The van der Waals surface area contributed by atoms with Gasteiger partial charge in [0.1, 0.15) is 0 Å². The molecule has 0 saturated carbocycles. The molecule has 0 aliphatic heterocycles. The molecule has 0 aromatic rings. The van der Waals surface area contributed by atoms with Gasteiger partial charge >= 0.3 is 0 Å². The van der Waals surface area contributed by atoms with Crippen molar-refractivity contribution in [3.05, 3.63) is 0 Å². The molecule has 0 unspecified atom stereocenters. The minimum absolute atomic E-state index is 0.166. The summed E-state index contributed by atoms with van der Waals surface area (Å²) >= 11 is 0. The van der Waals surface area contributed by atoms with Crippen molar-refractivity contribution in [2.24, 2.45) is 5.73 Å². The summed E-state index contributed by atoms with van der Waals surface area (Å²) in [6.07, 6.45) is 0.564. The highest BCUT2D eigenvalue weighted by Crippen LogP contribution is 2.11. The number of hydrogen-bond donors (Lipinski definition) is 3. The predicted octanol–water partition coefficient (Wildman–Crippen LogP) is -0.533. The maximum absolute atomic E-state index is 9.31. The normalized spacial score (nSPS) is 21.0. The van der Waals surface area contributed by atoms with Crippen molar-refractivity contribution in [1.29, 1.82) is 0 Å². The van der Waals surface area contributed by atoms with Crippen LogP contribution in [0.5, 0.6) is 0 Å². The lowest BCUT2D eigenvalue weighted by atomic mass is 9.95. The van der Waals surface area contributed by atoms with Crippen LogP contribution in [0.3, 0.4) is 0 Å². The Bertz CT molecular complexity index is 83.1. The Morgan fingerprint density at radius 2 is 2.11 bits per heavy atom. The summed E-state index contributed by atoms with van der Waals surface area (Å²) < 4.78 is 0. The molecule has 0 rings (SSSR count). The Balaban J connectivity index is 3.80. The molecule has 0 radical (unpaired) electrons. The maximum atomic E-state index is 9.31. The smallest absolute Gasteiger partial charge is 0.0789 e. The first-order valence-corrected chi connectivity index (χ1v) is 3.13. The third-order valence-electron chi connectivity index (χ3n) is 1.71. The average Bonchev–Trinajstić information content (AvgIpc) is 1.86. The van der Waals surface area contributed by atoms with Crippen LogP contribution in [0.25, 0.3) is 0 Å². The van der Waals surface area contributed by atoms with Gasteiger partial charge in [0.15, 0.2) is 0 Å². The third kappa shape index (κ3) is 2.30. The van der Waals surface area contributed by atoms with Crippen LogP contribution in [0.15, 0.2) is 0 Å². The second-order valence-corrected chi connectivity index (χ2v) is 2.50. The largest absolute Gasteiger partial charge is 0.395 e. The molecule has 0 saturated heterocycles. The van der Waals surface area contributed by atoms with E-state index in [1.165, 1.54) is 0 Å². The molecule has 0 heterocycles. The standard InChI is InChI=1S/C6H15NO2/c1-3-6(2,9)5(7)4-8/h5,8-9H,3-4,7H2,1-2H3/t5-,6-/m1/s1. The molecule has 0 fully saturated rings. The summed E-state index contributed by atoms with van der Waals surface area (Å²) in [5, 5.41) is 17.8. The zero-order chi connectivity index (χ0) is 7.49. The first kappa shape index (κ1) is 8.88. The van der Waals surface area contributed by atoms with Gasteiger partial charge in [0, 0.05) is 0 Å². The average molecular weight is 133 g/mol. The second-order valence-electron chi connectivity index (χ2n) is 2.50. The van der Waals surface area contributed by atoms with Crippen LogP contribution < -0.4 is 5.73 Å². The molecule has 56 valence electrons.